The summed E-state index contributed by atoms with van der Waals surface area (Å²) in [5, 5.41) is 3.40. The number of nitrogens with one attached hydrogen (secondary N) is 1. The SMILES string of the molecule is CCCCCCCC(=O)OC(CNC(C)(C)C)COc1nsnc1N1CCOCC1. The fourth-order valence-corrected chi connectivity index (χ4v) is 3.60. The van der Waals surface area contributed by atoms with Gasteiger partial charge >= 0.3 is 5.97 Å². The number of unbranched alkanes of at least 4 members (excludes halogenated alkanes) is 4. The lowest BCUT2D eigenvalue weighted by molar-refractivity contribution is -0.150. The number of carbonyl (C=O) groups is 1. The Balaban J connectivity index is 1.87. The zero-order valence-electron chi connectivity index (χ0n) is 18.9. The van der Waals surface area contributed by atoms with Gasteiger partial charge in [-0.25, -0.2) is 0 Å². The van der Waals surface area contributed by atoms with E-state index in [1.54, 1.807) is 0 Å². The molecular formula is C21H38N4O4S. The minimum atomic E-state index is -0.383. The van der Waals surface area contributed by atoms with E-state index in [0.717, 1.165) is 43.5 Å². The second-order valence-corrected chi connectivity index (χ2v) is 9.24. The van der Waals surface area contributed by atoms with Crippen LogP contribution in [0.15, 0.2) is 0 Å². The van der Waals surface area contributed by atoms with Gasteiger partial charge in [0.2, 0.25) is 5.82 Å². The second kappa shape index (κ2) is 13.1. The third-order valence-corrected chi connectivity index (χ3v) is 5.30. The number of esters is 1. The van der Waals surface area contributed by atoms with Crippen molar-refractivity contribution in [1.29, 1.82) is 0 Å². The smallest absolute Gasteiger partial charge is 0.306 e. The Morgan fingerprint density at radius 2 is 1.93 bits per heavy atom. The molecule has 30 heavy (non-hydrogen) atoms. The van der Waals surface area contributed by atoms with Crippen molar-refractivity contribution in [2.75, 3.05) is 44.4 Å². The highest BCUT2D eigenvalue weighted by atomic mass is 32.1. The van der Waals surface area contributed by atoms with Crippen molar-refractivity contribution in [1.82, 2.24) is 14.1 Å². The Kier molecular flexibility index (Phi) is 10.8. The molecule has 1 aliphatic rings. The number of morpholine rings is 1. The molecule has 0 bridgehead atoms. The highest BCUT2D eigenvalue weighted by molar-refractivity contribution is 6.99. The maximum atomic E-state index is 12.3. The number of hydrogen-bond acceptors (Lipinski definition) is 9. The highest BCUT2D eigenvalue weighted by Crippen LogP contribution is 2.26. The molecule has 1 atom stereocenters. The molecular weight excluding hydrogens is 404 g/mol. The van der Waals surface area contributed by atoms with Crippen molar-refractivity contribution < 1.29 is 19.0 Å². The molecule has 0 saturated carbocycles. The molecule has 0 aliphatic carbocycles. The van der Waals surface area contributed by atoms with Gasteiger partial charge in [-0.3, -0.25) is 4.79 Å². The van der Waals surface area contributed by atoms with Crippen LogP contribution < -0.4 is 15.0 Å². The van der Waals surface area contributed by atoms with Gasteiger partial charge in [0.05, 0.1) is 24.9 Å². The third kappa shape index (κ3) is 9.57. The molecule has 0 radical (unpaired) electrons. The highest BCUT2D eigenvalue weighted by Gasteiger charge is 2.23. The number of nitrogens with zero attached hydrogens (tertiary/aromatic N) is 3. The average Bonchev–Trinajstić information content (AvgIpc) is 3.18. The molecule has 2 heterocycles. The lowest BCUT2D eigenvalue weighted by Gasteiger charge is -2.27. The van der Waals surface area contributed by atoms with E-state index >= 15 is 0 Å². The summed E-state index contributed by atoms with van der Waals surface area (Å²) in [5.74, 6) is 1.08. The van der Waals surface area contributed by atoms with Crippen molar-refractivity contribution in [3.05, 3.63) is 0 Å². The maximum absolute atomic E-state index is 12.3. The van der Waals surface area contributed by atoms with Crippen molar-refractivity contribution in [3.63, 3.8) is 0 Å². The van der Waals surface area contributed by atoms with Crippen LogP contribution in [-0.4, -0.2) is 65.8 Å². The normalized spacial score (nSPS) is 15.8. The monoisotopic (exact) mass is 442 g/mol. The van der Waals surface area contributed by atoms with E-state index < -0.39 is 0 Å². The average molecular weight is 443 g/mol. The Hall–Kier alpha value is -1.45. The number of hydrogen-bond donors (Lipinski definition) is 1. The lowest BCUT2D eigenvalue weighted by Crippen LogP contribution is -2.44. The summed E-state index contributed by atoms with van der Waals surface area (Å²) in [6.45, 7) is 12.1. The molecule has 172 valence electrons. The number of carbonyl (C=O) groups excluding carboxylic acids is 1. The predicted molar refractivity (Wildman–Crippen MR) is 119 cm³/mol. The zero-order chi connectivity index (χ0) is 21.8. The summed E-state index contributed by atoms with van der Waals surface area (Å²) in [6, 6.07) is 0. The molecule has 9 heteroatoms. The fraction of sp³-hybridized carbons (Fsp3) is 0.857. The van der Waals surface area contributed by atoms with Gasteiger partial charge in [-0.1, -0.05) is 32.6 Å². The first kappa shape index (κ1) is 24.8. The molecule has 1 aromatic rings. The van der Waals surface area contributed by atoms with Gasteiger partial charge in [0, 0.05) is 31.6 Å². The molecule has 0 spiro atoms. The molecule has 1 saturated heterocycles. The van der Waals surface area contributed by atoms with E-state index in [0.29, 0.717) is 32.1 Å². The van der Waals surface area contributed by atoms with E-state index in [9.17, 15) is 4.79 Å². The molecule has 1 unspecified atom stereocenters. The van der Waals surface area contributed by atoms with Gasteiger partial charge in [0.1, 0.15) is 12.7 Å². The van der Waals surface area contributed by atoms with Gasteiger partial charge in [-0.15, -0.1) is 4.37 Å². The van der Waals surface area contributed by atoms with Gasteiger partial charge in [-0.2, -0.15) is 4.37 Å². The third-order valence-electron chi connectivity index (χ3n) is 4.80. The summed E-state index contributed by atoms with van der Waals surface area (Å²) in [7, 11) is 0. The Labute approximate surface area is 185 Å². The minimum Gasteiger partial charge on any atom is -0.470 e. The van der Waals surface area contributed by atoms with E-state index in [-0.39, 0.29) is 24.2 Å². The Morgan fingerprint density at radius 1 is 1.20 bits per heavy atom. The van der Waals surface area contributed by atoms with Crippen LogP contribution in [0.3, 0.4) is 0 Å². The van der Waals surface area contributed by atoms with Crippen LogP contribution in [0.4, 0.5) is 5.82 Å². The van der Waals surface area contributed by atoms with E-state index in [4.69, 9.17) is 14.2 Å². The first-order valence-electron chi connectivity index (χ1n) is 11.1. The van der Waals surface area contributed by atoms with Crippen LogP contribution in [0.1, 0.15) is 66.2 Å². The molecule has 0 amide bonds. The standard InChI is InChI=1S/C21H38N4O4S/c1-5-6-7-8-9-10-18(26)29-17(15-22-21(2,3)4)16-28-20-19(23-30-24-20)25-11-13-27-14-12-25/h17,22H,5-16H2,1-4H3. The summed E-state index contributed by atoms with van der Waals surface area (Å²) >= 11 is 1.13. The van der Waals surface area contributed by atoms with Crippen LogP contribution >= 0.6 is 11.7 Å². The summed E-state index contributed by atoms with van der Waals surface area (Å²) in [6.07, 6.45) is 5.59. The van der Waals surface area contributed by atoms with Crippen LogP contribution in [-0.2, 0) is 14.3 Å². The second-order valence-electron chi connectivity index (χ2n) is 8.71. The zero-order valence-corrected chi connectivity index (χ0v) is 19.8. The fourth-order valence-electron chi connectivity index (χ4n) is 3.08. The largest absolute Gasteiger partial charge is 0.470 e. The molecule has 1 aliphatic heterocycles. The lowest BCUT2D eigenvalue weighted by atomic mass is 10.1. The number of ether oxygens (including phenoxy) is 3. The molecule has 0 aromatic carbocycles. The van der Waals surface area contributed by atoms with Gasteiger partial charge in [0.15, 0.2) is 0 Å². The van der Waals surface area contributed by atoms with Crippen molar-refractivity contribution >= 4 is 23.5 Å². The topological polar surface area (TPSA) is 85.8 Å². The van der Waals surface area contributed by atoms with E-state index in [1.165, 1.54) is 19.3 Å². The van der Waals surface area contributed by atoms with Gasteiger partial charge in [-0.05, 0) is 27.2 Å². The van der Waals surface area contributed by atoms with Gasteiger partial charge in [0.25, 0.3) is 5.88 Å². The first-order chi connectivity index (χ1) is 14.4. The van der Waals surface area contributed by atoms with Crippen LogP contribution in [0, 0.1) is 0 Å². The quantitative estimate of drug-likeness (QED) is 0.367. The first-order valence-corrected chi connectivity index (χ1v) is 11.8. The number of rotatable bonds is 13. The Morgan fingerprint density at radius 3 is 2.63 bits per heavy atom. The maximum Gasteiger partial charge on any atom is 0.306 e. The molecule has 1 aromatic heterocycles. The van der Waals surface area contributed by atoms with Gasteiger partial charge < -0.3 is 24.4 Å². The Bertz CT molecular complexity index is 614. The van der Waals surface area contributed by atoms with Crippen molar-refractivity contribution in [3.8, 4) is 5.88 Å². The van der Waals surface area contributed by atoms with E-state index in [2.05, 4.69) is 46.7 Å². The number of aromatic nitrogens is 2. The predicted octanol–water partition coefficient (Wildman–Crippen LogP) is 3.41. The summed E-state index contributed by atoms with van der Waals surface area (Å²) in [4.78, 5) is 14.5. The summed E-state index contributed by atoms with van der Waals surface area (Å²) in [5.41, 5.74) is -0.0774. The van der Waals surface area contributed by atoms with E-state index in [1.807, 2.05) is 0 Å². The van der Waals surface area contributed by atoms with Crippen LogP contribution in [0.2, 0.25) is 0 Å². The van der Waals surface area contributed by atoms with Crippen molar-refractivity contribution in [2.24, 2.45) is 0 Å². The molecule has 2 rings (SSSR count). The summed E-state index contributed by atoms with van der Waals surface area (Å²) < 4.78 is 25.8. The minimum absolute atomic E-state index is 0.0774. The van der Waals surface area contributed by atoms with Crippen LogP contribution in [0.5, 0.6) is 5.88 Å². The number of anilines is 1. The van der Waals surface area contributed by atoms with Crippen molar-refractivity contribution in [2.45, 2.75) is 77.9 Å². The van der Waals surface area contributed by atoms with Crippen LogP contribution in [0.25, 0.3) is 0 Å². The molecule has 1 fully saturated rings. The molecule has 1 N–H and O–H groups in total. The molecule has 8 nitrogen and oxygen atoms in total.